The average Bonchev–Trinajstić information content (AvgIpc) is 3.06. The highest BCUT2D eigenvalue weighted by Crippen LogP contribution is 2.29. The van der Waals surface area contributed by atoms with Crippen LogP contribution >= 0.6 is 11.3 Å². The topological polar surface area (TPSA) is 78.2 Å². The molecular formula is C12H5F2N5S. The lowest BCUT2D eigenvalue weighted by atomic mass is 10.2. The molecule has 3 aromatic rings. The first-order valence-electron chi connectivity index (χ1n) is 5.40. The number of rotatable bonds is 2. The molecule has 1 N–H and O–H groups in total. The van der Waals surface area contributed by atoms with Crippen LogP contribution in [0.1, 0.15) is 5.69 Å². The minimum absolute atomic E-state index is 0.118. The molecule has 98 valence electrons. The van der Waals surface area contributed by atoms with E-state index in [2.05, 4.69) is 20.4 Å². The molecule has 0 aliphatic rings. The number of nitriles is 1. The number of thiazole rings is 1. The SMILES string of the molecule is N#Cc1n[nH]nc1-c1csc(-c2cc(F)cc(F)c2)n1. The Morgan fingerprint density at radius 2 is 1.90 bits per heavy atom. The Bertz CT molecular complexity index is 797. The Morgan fingerprint density at radius 1 is 1.15 bits per heavy atom. The summed E-state index contributed by atoms with van der Waals surface area (Å²) in [5.41, 5.74) is 1.19. The monoisotopic (exact) mass is 289 g/mol. The average molecular weight is 289 g/mol. The minimum Gasteiger partial charge on any atom is -0.234 e. The normalized spacial score (nSPS) is 10.4. The second-order valence-corrected chi connectivity index (χ2v) is 4.69. The quantitative estimate of drug-likeness (QED) is 0.786. The van der Waals surface area contributed by atoms with E-state index in [-0.39, 0.29) is 5.69 Å². The van der Waals surface area contributed by atoms with Gasteiger partial charge in [-0.05, 0) is 12.1 Å². The Hall–Kier alpha value is -2.66. The molecule has 0 amide bonds. The number of H-pyrrole nitrogens is 1. The van der Waals surface area contributed by atoms with Crippen molar-refractivity contribution in [1.29, 1.82) is 5.26 Å². The van der Waals surface area contributed by atoms with Crippen molar-refractivity contribution in [1.82, 2.24) is 20.4 Å². The van der Waals surface area contributed by atoms with E-state index in [0.29, 0.717) is 22.0 Å². The number of nitrogens with one attached hydrogen (secondary N) is 1. The van der Waals surface area contributed by atoms with Crippen molar-refractivity contribution in [3.63, 3.8) is 0 Å². The maximum atomic E-state index is 13.2. The number of aromatic amines is 1. The molecule has 0 fully saturated rings. The van der Waals surface area contributed by atoms with Gasteiger partial charge in [0.25, 0.3) is 0 Å². The molecule has 0 aliphatic carbocycles. The Labute approximate surface area is 115 Å². The highest BCUT2D eigenvalue weighted by atomic mass is 32.1. The molecule has 3 rings (SSSR count). The fraction of sp³-hybridized carbons (Fsp3) is 0. The molecule has 0 saturated heterocycles. The zero-order chi connectivity index (χ0) is 14.1. The van der Waals surface area contributed by atoms with Gasteiger partial charge in [-0.1, -0.05) is 0 Å². The zero-order valence-corrected chi connectivity index (χ0v) is 10.6. The lowest BCUT2D eigenvalue weighted by molar-refractivity contribution is 0.584. The van der Waals surface area contributed by atoms with Crippen LogP contribution in [0.2, 0.25) is 0 Å². The first-order valence-corrected chi connectivity index (χ1v) is 6.28. The summed E-state index contributed by atoms with van der Waals surface area (Å²) in [6.45, 7) is 0. The highest BCUT2D eigenvalue weighted by Gasteiger charge is 2.15. The van der Waals surface area contributed by atoms with E-state index in [1.807, 2.05) is 6.07 Å². The summed E-state index contributed by atoms with van der Waals surface area (Å²) in [7, 11) is 0. The van der Waals surface area contributed by atoms with Crippen molar-refractivity contribution in [2.24, 2.45) is 0 Å². The van der Waals surface area contributed by atoms with Crippen molar-refractivity contribution in [2.75, 3.05) is 0 Å². The van der Waals surface area contributed by atoms with Crippen LogP contribution in [0.3, 0.4) is 0 Å². The number of aromatic nitrogens is 4. The molecule has 0 spiro atoms. The summed E-state index contributed by atoms with van der Waals surface area (Å²) >= 11 is 1.20. The van der Waals surface area contributed by atoms with Crippen LogP contribution in [-0.4, -0.2) is 20.4 Å². The summed E-state index contributed by atoms with van der Waals surface area (Å²) in [5, 5.41) is 20.8. The Morgan fingerprint density at radius 3 is 2.60 bits per heavy atom. The van der Waals surface area contributed by atoms with E-state index < -0.39 is 11.6 Å². The smallest absolute Gasteiger partial charge is 0.192 e. The fourth-order valence-corrected chi connectivity index (χ4v) is 2.47. The predicted octanol–water partition coefficient (Wildman–Crippen LogP) is 2.75. The molecule has 2 aromatic heterocycles. The van der Waals surface area contributed by atoms with Crippen molar-refractivity contribution in [3.05, 3.63) is 40.9 Å². The van der Waals surface area contributed by atoms with Gasteiger partial charge in [-0.25, -0.2) is 13.8 Å². The number of hydrogen-bond donors (Lipinski definition) is 1. The van der Waals surface area contributed by atoms with Crippen LogP contribution in [0.25, 0.3) is 22.0 Å². The van der Waals surface area contributed by atoms with Gasteiger partial charge in [0.2, 0.25) is 0 Å². The largest absolute Gasteiger partial charge is 0.234 e. The van der Waals surface area contributed by atoms with E-state index in [1.165, 1.54) is 23.5 Å². The number of benzene rings is 1. The van der Waals surface area contributed by atoms with Crippen LogP contribution in [0.15, 0.2) is 23.6 Å². The predicted molar refractivity (Wildman–Crippen MR) is 67.6 cm³/mol. The van der Waals surface area contributed by atoms with Crippen molar-refractivity contribution in [2.45, 2.75) is 0 Å². The molecule has 1 aromatic carbocycles. The van der Waals surface area contributed by atoms with E-state index in [4.69, 9.17) is 5.26 Å². The summed E-state index contributed by atoms with van der Waals surface area (Å²) in [5.74, 6) is -1.34. The fourth-order valence-electron chi connectivity index (χ4n) is 1.68. The van der Waals surface area contributed by atoms with Gasteiger partial charge in [-0.15, -0.1) is 16.4 Å². The Balaban J connectivity index is 2.04. The zero-order valence-electron chi connectivity index (χ0n) is 9.76. The van der Waals surface area contributed by atoms with Crippen LogP contribution in [-0.2, 0) is 0 Å². The molecule has 0 unspecified atom stereocenters. The van der Waals surface area contributed by atoms with Crippen molar-refractivity contribution >= 4 is 11.3 Å². The van der Waals surface area contributed by atoms with Crippen molar-refractivity contribution < 1.29 is 8.78 Å². The molecule has 5 nitrogen and oxygen atoms in total. The number of hydrogen-bond acceptors (Lipinski definition) is 5. The van der Waals surface area contributed by atoms with E-state index in [1.54, 1.807) is 5.38 Å². The third-order valence-corrected chi connectivity index (χ3v) is 3.40. The second kappa shape index (κ2) is 4.79. The summed E-state index contributed by atoms with van der Waals surface area (Å²) < 4.78 is 26.4. The van der Waals surface area contributed by atoms with Crippen LogP contribution in [0.5, 0.6) is 0 Å². The van der Waals surface area contributed by atoms with Gasteiger partial charge in [0.15, 0.2) is 5.69 Å². The Kier molecular flexibility index (Phi) is 2.96. The number of halogens is 2. The van der Waals surface area contributed by atoms with Gasteiger partial charge in [-0.2, -0.15) is 15.6 Å². The molecule has 20 heavy (non-hydrogen) atoms. The van der Waals surface area contributed by atoms with Gasteiger partial charge in [0, 0.05) is 17.0 Å². The minimum atomic E-state index is -0.670. The molecule has 0 radical (unpaired) electrons. The van der Waals surface area contributed by atoms with Crippen LogP contribution < -0.4 is 0 Å². The second-order valence-electron chi connectivity index (χ2n) is 3.83. The first-order chi connectivity index (χ1) is 9.67. The highest BCUT2D eigenvalue weighted by molar-refractivity contribution is 7.13. The van der Waals surface area contributed by atoms with Crippen molar-refractivity contribution in [3.8, 4) is 28.0 Å². The van der Waals surface area contributed by atoms with Gasteiger partial charge < -0.3 is 0 Å². The molecule has 0 aliphatic heterocycles. The first kappa shape index (κ1) is 12.4. The van der Waals surface area contributed by atoms with Crippen LogP contribution in [0, 0.1) is 23.0 Å². The van der Waals surface area contributed by atoms with E-state index in [0.717, 1.165) is 6.07 Å². The molecule has 0 bridgehead atoms. The molecule has 0 atom stereocenters. The number of nitrogens with zero attached hydrogens (tertiary/aromatic N) is 4. The summed E-state index contributed by atoms with van der Waals surface area (Å²) in [4.78, 5) is 4.23. The molecule has 8 heteroatoms. The van der Waals surface area contributed by atoms with E-state index in [9.17, 15) is 8.78 Å². The standard InChI is InChI=1S/C12H5F2N5S/c13-7-1-6(2-8(14)3-7)12-16-10(5-20-12)11-9(4-15)17-19-18-11/h1-3,5H,(H,17,18,19). The molecule has 0 saturated carbocycles. The lowest BCUT2D eigenvalue weighted by Crippen LogP contribution is -1.85. The van der Waals surface area contributed by atoms with Crippen LogP contribution in [0.4, 0.5) is 8.78 Å². The maximum absolute atomic E-state index is 13.2. The summed E-state index contributed by atoms with van der Waals surface area (Å²) in [6.07, 6.45) is 0. The van der Waals surface area contributed by atoms with Gasteiger partial charge in [0.05, 0.1) is 0 Å². The maximum Gasteiger partial charge on any atom is 0.192 e. The van der Waals surface area contributed by atoms with E-state index >= 15 is 0 Å². The lowest BCUT2D eigenvalue weighted by Gasteiger charge is -1.97. The van der Waals surface area contributed by atoms with Gasteiger partial charge in [0.1, 0.15) is 34.1 Å². The van der Waals surface area contributed by atoms with Gasteiger partial charge >= 0.3 is 0 Å². The summed E-state index contributed by atoms with van der Waals surface area (Å²) in [6, 6.07) is 5.06. The molecule has 2 heterocycles. The van der Waals surface area contributed by atoms with Gasteiger partial charge in [-0.3, -0.25) is 0 Å². The third kappa shape index (κ3) is 2.15. The third-order valence-electron chi connectivity index (χ3n) is 2.51. The molecular weight excluding hydrogens is 284 g/mol.